The van der Waals surface area contributed by atoms with E-state index in [1.165, 1.54) is 18.9 Å². The van der Waals surface area contributed by atoms with E-state index in [1.807, 2.05) is 0 Å². The molecule has 2 saturated carbocycles. The fraction of sp³-hybridized carbons (Fsp3) is 0.444. The van der Waals surface area contributed by atoms with Crippen molar-refractivity contribution in [3.8, 4) is 23.6 Å². The molecule has 0 atom stereocenters. The molecule has 22 heavy (non-hydrogen) atoms. The van der Waals surface area contributed by atoms with Crippen LogP contribution in [0, 0.1) is 31.0 Å². The smallest absolute Gasteiger partial charge is 0.144 e. The van der Waals surface area contributed by atoms with Gasteiger partial charge < -0.3 is 0 Å². The van der Waals surface area contributed by atoms with Gasteiger partial charge in [-0.1, -0.05) is 0 Å². The van der Waals surface area contributed by atoms with Crippen molar-refractivity contribution in [2.45, 2.75) is 44.6 Å². The summed E-state index contributed by atoms with van der Waals surface area (Å²) in [4.78, 5) is 4.40. The Bertz CT molecular complexity index is 761. The zero-order valence-electron chi connectivity index (χ0n) is 12.6. The second kappa shape index (κ2) is 4.95. The van der Waals surface area contributed by atoms with Crippen LogP contribution in [-0.4, -0.2) is 14.8 Å². The molecule has 0 spiro atoms. The van der Waals surface area contributed by atoms with Crippen LogP contribution in [0.15, 0.2) is 18.3 Å². The van der Waals surface area contributed by atoms with Crippen LogP contribution >= 0.6 is 0 Å². The molecule has 4 rings (SSSR count). The van der Waals surface area contributed by atoms with E-state index in [9.17, 15) is 4.39 Å². The van der Waals surface area contributed by atoms with Crippen LogP contribution in [0.5, 0.6) is 0 Å². The maximum atomic E-state index is 13.5. The first-order valence-electron chi connectivity index (χ1n) is 7.84. The highest BCUT2D eigenvalue weighted by Crippen LogP contribution is 2.45. The maximum absolute atomic E-state index is 13.5. The molecule has 3 nitrogen and oxygen atoms in total. The van der Waals surface area contributed by atoms with Gasteiger partial charge in [0, 0.05) is 23.6 Å². The number of terminal acetylenes is 1. The Kier molecular flexibility index (Phi) is 3.04. The van der Waals surface area contributed by atoms with Crippen LogP contribution < -0.4 is 0 Å². The Morgan fingerprint density at radius 2 is 2.09 bits per heavy atom. The summed E-state index contributed by atoms with van der Waals surface area (Å²) in [7, 11) is 0. The standard InChI is InChI=1S/C18H18FN3/c1-3-12-8-14(9-12)22-10-15(18(21-22)13-4-5-13)17-7-6-16(19)11(2)20-17/h1,6-7,10,12-14H,4-5,8-9H2,2H3. The van der Waals surface area contributed by atoms with Gasteiger partial charge in [-0.05, 0) is 44.7 Å². The first kappa shape index (κ1) is 13.5. The monoisotopic (exact) mass is 295 g/mol. The average Bonchev–Trinajstić information content (AvgIpc) is 3.21. The maximum Gasteiger partial charge on any atom is 0.144 e. The first-order chi connectivity index (χ1) is 10.7. The Labute approximate surface area is 129 Å². The van der Waals surface area contributed by atoms with Crippen molar-refractivity contribution in [3.63, 3.8) is 0 Å². The van der Waals surface area contributed by atoms with Crippen molar-refractivity contribution in [3.05, 3.63) is 35.5 Å². The zero-order valence-corrected chi connectivity index (χ0v) is 12.6. The van der Waals surface area contributed by atoms with E-state index in [0.29, 0.717) is 23.6 Å². The van der Waals surface area contributed by atoms with Gasteiger partial charge in [-0.2, -0.15) is 5.10 Å². The minimum atomic E-state index is -0.264. The summed E-state index contributed by atoms with van der Waals surface area (Å²) in [5.74, 6) is 3.46. The SMILES string of the molecule is C#CC1CC(n2cc(-c3ccc(F)c(C)n3)c(C3CC3)n2)C1. The van der Waals surface area contributed by atoms with Crippen LogP contribution in [-0.2, 0) is 0 Å². The highest BCUT2D eigenvalue weighted by Gasteiger charge is 2.34. The second-order valence-corrected chi connectivity index (χ2v) is 6.43. The minimum absolute atomic E-state index is 0.264. The second-order valence-electron chi connectivity index (χ2n) is 6.43. The molecule has 2 heterocycles. The van der Waals surface area contributed by atoms with Crippen LogP contribution in [0.2, 0.25) is 0 Å². The molecular weight excluding hydrogens is 277 g/mol. The third-order valence-corrected chi connectivity index (χ3v) is 4.74. The van der Waals surface area contributed by atoms with E-state index < -0.39 is 0 Å². The fourth-order valence-electron chi connectivity index (χ4n) is 3.08. The van der Waals surface area contributed by atoms with Gasteiger partial charge >= 0.3 is 0 Å². The summed E-state index contributed by atoms with van der Waals surface area (Å²) >= 11 is 0. The molecular formula is C18H18FN3. The molecule has 2 aliphatic carbocycles. The van der Waals surface area contributed by atoms with Gasteiger partial charge in [0.2, 0.25) is 0 Å². The van der Waals surface area contributed by atoms with Crippen molar-refractivity contribution >= 4 is 0 Å². The van der Waals surface area contributed by atoms with Gasteiger partial charge in [-0.15, -0.1) is 12.3 Å². The molecule has 2 aromatic heterocycles. The van der Waals surface area contributed by atoms with Crippen molar-refractivity contribution in [1.82, 2.24) is 14.8 Å². The van der Waals surface area contributed by atoms with Crippen LogP contribution in [0.1, 0.15) is 49.0 Å². The summed E-state index contributed by atoms with van der Waals surface area (Å²) in [5, 5.41) is 4.81. The molecule has 0 aromatic carbocycles. The van der Waals surface area contributed by atoms with Crippen molar-refractivity contribution in [2.24, 2.45) is 5.92 Å². The molecule has 2 fully saturated rings. The number of aryl methyl sites for hydroxylation is 1. The van der Waals surface area contributed by atoms with Gasteiger partial charge in [0.25, 0.3) is 0 Å². The Balaban J connectivity index is 1.70. The number of pyridine rings is 1. The third kappa shape index (κ3) is 2.21. The highest BCUT2D eigenvalue weighted by atomic mass is 19.1. The predicted octanol–water partition coefficient (Wildman–Crippen LogP) is 3.85. The van der Waals surface area contributed by atoms with E-state index in [0.717, 1.165) is 29.8 Å². The van der Waals surface area contributed by atoms with Gasteiger partial charge in [-0.3, -0.25) is 4.68 Å². The Hall–Kier alpha value is -2.15. The van der Waals surface area contributed by atoms with E-state index in [4.69, 9.17) is 11.5 Å². The molecule has 0 N–H and O–H groups in total. The third-order valence-electron chi connectivity index (χ3n) is 4.74. The summed E-state index contributed by atoms with van der Waals surface area (Å²) in [6.45, 7) is 1.70. The molecule has 0 saturated heterocycles. The van der Waals surface area contributed by atoms with Crippen LogP contribution in [0.4, 0.5) is 4.39 Å². The lowest BCUT2D eigenvalue weighted by Crippen LogP contribution is -2.26. The molecule has 112 valence electrons. The largest absolute Gasteiger partial charge is 0.269 e. The van der Waals surface area contributed by atoms with E-state index >= 15 is 0 Å². The number of nitrogens with zero attached hydrogens (tertiary/aromatic N) is 3. The Morgan fingerprint density at radius 1 is 1.32 bits per heavy atom. The summed E-state index contributed by atoms with van der Waals surface area (Å²) in [6, 6.07) is 3.64. The average molecular weight is 295 g/mol. The van der Waals surface area contributed by atoms with E-state index in [1.54, 1.807) is 13.0 Å². The number of hydrogen-bond acceptors (Lipinski definition) is 2. The summed E-state index contributed by atoms with van der Waals surface area (Å²) in [6.07, 6.45) is 11.9. The lowest BCUT2D eigenvalue weighted by atomic mass is 9.81. The van der Waals surface area contributed by atoms with Crippen LogP contribution in [0.3, 0.4) is 0 Å². The Morgan fingerprint density at radius 3 is 2.73 bits per heavy atom. The van der Waals surface area contributed by atoms with Crippen molar-refractivity contribution in [2.75, 3.05) is 0 Å². The lowest BCUT2D eigenvalue weighted by molar-refractivity contribution is 0.231. The topological polar surface area (TPSA) is 30.7 Å². The predicted molar refractivity (Wildman–Crippen MR) is 82.7 cm³/mol. The number of aromatic nitrogens is 3. The normalized spacial score (nSPS) is 23.9. The van der Waals surface area contributed by atoms with Crippen LogP contribution in [0.25, 0.3) is 11.3 Å². The summed E-state index contributed by atoms with van der Waals surface area (Å²) < 4.78 is 15.5. The zero-order chi connectivity index (χ0) is 15.3. The van der Waals surface area contributed by atoms with Crippen molar-refractivity contribution < 1.29 is 4.39 Å². The first-order valence-corrected chi connectivity index (χ1v) is 7.84. The minimum Gasteiger partial charge on any atom is -0.269 e. The quantitative estimate of drug-likeness (QED) is 0.805. The molecule has 0 radical (unpaired) electrons. The van der Waals surface area contributed by atoms with E-state index in [-0.39, 0.29) is 5.82 Å². The van der Waals surface area contributed by atoms with Gasteiger partial charge in [0.1, 0.15) is 5.82 Å². The fourth-order valence-corrected chi connectivity index (χ4v) is 3.08. The lowest BCUT2D eigenvalue weighted by Gasteiger charge is -2.31. The molecule has 0 aliphatic heterocycles. The molecule has 0 amide bonds. The van der Waals surface area contributed by atoms with E-state index in [2.05, 4.69) is 21.8 Å². The molecule has 4 heteroatoms. The van der Waals surface area contributed by atoms with Gasteiger partial charge in [0.05, 0.1) is 23.1 Å². The summed E-state index contributed by atoms with van der Waals surface area (Å²) in [5.41, 5.74) is 3.42. The number of hydrogen-bond donors (Lipinski definition) is 0. The molecule has 0 bridgehead atoms. The highest BCUT2D eigenvalue weighted by molar-refractivity contribution is 5.63. The molecule has 2 aromatic rings. The number of rotatable bonds is 3. The number of halogens is 1. The molecule has 0 unspecified atom stereocenters. The molecule has 2 aliphatic rings. The van der Waals surface area contributed by atoms with Gasteiger partial charge in [0.15, 0.2) is 0 Å². The van der Waals surface area contributed by atoms with Gasteiger partial charge in [-0.25, -0.2) is 9.37 Å². The van der Waals surface area contributed by atoms with Crippen molar-refractivity contribution in [1.29, 1.82) is 0 Å².